The van der Waals surface area contributed by atoms with E-state index in [0.717, 1.165) is 31.7 Å². The van der Waals surface area contributed by atoms with Crippen LogP contribution in [0.1, 0.15) is 26.7 Å². The minimum Gasteiger partial charge on any atom is -0.477 e. The number of nitrogens with two attached hydrogens (primary N) is 1. The number of anilines is 1. The highest BCUT2D eigenvalue weighted by Crippen LogP contribution is 2.23. The first-order chi connectivity index (χ1) is 8.70. The van der Waals surface area contributed by atoms with Gasteiger partial charge in [0.15, 0.2) is 5.82 Å². The molecule has 1 aromatic rings. The van der Waals surface area contributed by atoms with Gasteiger partial charge in [-0.2, -0.15) is 4.98 Å². The van der Waals surface area contributed by atoms with E-state index in [4.69, 9.17) is 10.5 Å². The van der Waals surface area contributed by atoms with E-state index in [2.05, 4.69) is 21.8 Å². The molecule has 2 heterocycles. The van der Waals surface area contributed by atoms with Gasteiger partial charge < -0.3 is 15.4 Å². The zero-order chi connectivity index (χ0) is 13.0. The lowest BCUT2D eigenvalue weighted by molar-refractivity contribution is 0.323. The molecule has 0 radical (unpaired) electrons. The first-order valence-corrected chi connectivity index (χ1v) is 6.66. The molecule has 1 aliphatic rings. The number of rotatable bonds is 4. The molecule has 0 aliphatic carbocycles. The lowest BCUT2D eigenvalue weighted by Gasteiger charge is -2.34. The summed E-state index contributed by atoms with van der Waals surface area (Å²) in [5.41, 5.74) is 5.95. The van der Waals surface area contributed by atoms with Crippen molar-refractivity contribution < 1.29 is 4.74 Å². The van der Waals surface area contributed by atoms with Gasteiger partial charge in [0, 0.05) is 19.1 Å². The number of hydrogen-bond acceptors (Lipinski definition) is 5. The quantitative estimate of drug-likeness (QED) is 0.876. The maximum absolute atomic E-state index is 5.95. The molecule has 100 valence electrons. The van der Waals surface area contributed by atoms with Crippen LogP contribution in [0.3, 0.4) is 0 Å². The van der Waals surface area contributed by atoms with Crippen LogP contribution in [0.2, 0.25) is 0 Å². The lowest BCUT2D eigenvalue weighted by Crippen LogP contribution is -2.40. The van der Waals surface area contributed by atoms with Gasteiger partial charge in [-0.05, 0) is 32.6 Å². The maximum atomic E-state index is 5.95. The first kappa shape index (κ1) is 13.1. The van der Waals surface area contributed by atoms with E-state index in [1.54, 1.807) is 12.4 Å². The minimum absolute atomic E-state index is 0.285. The normalized spacial score (nSPS) is 18.7. The van der Waals surface area contributed by atoms with Gasteiger partial charge in [0.25, 0.3) is 0 Å². The fourth-order valence-corrected chi connectivity index (χ4v) is 2.36. The zero-order valence-electron chi connectivity index (χ0n) is 11.2. The molecule has 1 aliphatic heterocycles. The number of piperidine rings is 1. The Bertz CT molecular complexity index is 375. The Kier molecular flexibility index (Phi) is 4.36. The summed E-state index contributed by atoms with van der Waals surface area (Å²) in [4.78, 5) is 10.9. The van der Waals surface area contributed by atoms with Crippen LogP contribution >= 0.6 is 0 Å². The van der Waals surface area contributed by atoms with Gasteiger partial charge in [-0.25, -0.2) is 0 Å². The summed E-state index contributed by atoms with van der Waals surface area (Å²) in [6.07, 6.45) is 5.70. The number of aromatic nitrogens is 2. The molecule has 1 fully saturated rings. The van der Waals surface area contributed by atoms with Crippen molar-refractivity contribution >= 4 is 5.82 Å². The van der Waals surface area contributed by atoms with Crippen molar-refractivity contribution in [3.05, 3.63) is 12.4 Å². The van der Waals surface area contributed by atoms with Gasteiger partial charge in [-0.3, -0.25) is 4.98 Å². The van der Waals surface area contributed by atoms with Gasteiger partial charge in [0.05, 0.1) is 19.0 Å². The summed E-state index contributed by atoms with van der Waals surface area (Å²) in [6, 6.07) is 0.285. The van der Waals surface area contributed by atoms with Crippen LogP contribution in [0.25, 0.3) is 0 Å². The van der Waals surface area contributed by atoms with Crippen molar-refractivity contribution in [2.75, 3.05) is 24.6 Å². The molecule has 5 heteroatoms. The van der Waals surface area contributed by atoms with E-state index < -0.39 is 0 Å². The third-order valence-corrected chi connectivity index (χ3v) is 3.50. The Balaban J connectivity index is 1.98. The summed E-state index contributed by atoms with van der Waals surface area (Å²) >= 11 is 0. The second kappa shape index (κ2) is 6.00. The van der Waals surface area contributed by atoms with Crippen LogP contribution in [-0.4, -0.2) is 35.7 Å². The van der Waals surface area contributed by atoms with Gasteiger partial charge in [-0.1, -0.05) is 0 Å². The Morgan fingerprint density at radius 3 is 2.78 bits per heavy atom. The van der Waals surface area contributed by atoms with E-state index >= 15 is 0 Å². The van der Waals surface area contributed by atoms with Crippen molar-refractivity contribution in [3.63, 3.8) is 0 Å². The first-order valence-electron chi connectivity index (χ1n) is 6.66. The average Bonchev–Trinajstić information content (AvgIpc) is 2.39. The second-order valence-corrected chi connectivity index (χ2v) is 4.83. The van der Waals surface area contributed by atoms with Crippen molar-refractivity contribution in [1.29, 1.82) is 0 Å². The van der Waals surface area contributed by atoms with Crippen molar-refractivity contribution in [2.24, 2.45) is 11.7 Å². The van der Waals surface area contributed by atoms with E-state index in [9.17, 15) is 0 Å². The molecule has 0 spiro atoms. The smallest absolute Gasteiger partial charge is 0.234 e. The highest BCUT2D eigenvalue weighted by molar-refractivity contribution is 5.38. The molecule has 1 saturated heterocycles. The molecule has 18 heavy (non-hydrogen) atoms. The minimum atomic E-state index is 0.285. The molecular formula is C13H22N4O. The van der Waals surface area contributed by atoms with Crippen LogP contribution in [0, 0.1) is 5.92 Å². The van der Waals surface area contributed by atoms with E-state index in [-0.39, 0.29) is 6.04 Å². The predicted molar refractivity (Wildman–Crippen MR) is 71.8 cm³/mol. The molecule has 0 aromatic carbocycles. The van der Waals surface area contributed by atoms with Gasteiger partial charge in [0.1, 0.15) is 0 Å². The Morgan fingerprint density at radius 1 is 1.44 bits per heavy atom. The summed E-state index contributed by atoms with van der Waals surface area (Å²) in [5, 5.41) is 0. The fourth-order valence-electron chi connectivity index (χ4n) is 2.36. The van der Waals surface area contributed by atoms with Crippen LogP contribution < -0.4 is 15.4 Å². The molecule has 0 bridgehead atoms. The van der Waals surface area contributed by atoms with Gasteiger partial charge in [0.2, 0.25) is 5.88 Å². The summed E-state index contributed by atoms with van der Waals surface area (Å²) in [5.74, 6) is 2.14. The highest BCUT2D eigenvalue weighted by Gasteiger charge is 2.22. The number of ether oxygens (including phenoxy) is 1. The van der Waals surface area contributed by atoms with Gasteiger partial charge >= 0.3 is 0 Å². The average molecular weight is 250 g/mol. The van der Waals surface area contributed by atoms with Crippen molar-refractivity contribution in [1.82, 2.24) is 9.97 Å². The fraction of sp³-hybridized carbons (Fsp3) is 0.692. The van der Waals surface area contributed by atoms with Crippen molar-refractivity contribution in [2.45, 2.75) is 32.7 Å². The SMILES string of the molecule is CCOc1cncc(N2CCC(C(C)N)CC2)n1. The summed E-state index contributed by atoms with van der Waals surface area (Å²) in [6.45, 7) is 6.65. The largest absolute Gasteiger partial charge is 0.477 e. The molecular weight excluding hydrogens is 228 g/mol. The number of nitrogens with zero attached hydrogens (tertiary/aromatic N) is 3. The van der Waals surface area contributed by atoms with Crippen LogP contribution in [0.4, 0.5) is 5.82 Å². The standard InChI is InChI=1S/C13H22N4O/c1-3-18-13-9-15-8-12(16-13)17-6-4-11(5-7-17)10(2)14/h8-11H,3-7,14H2,1-2H3. The van der Waals surface area contributed by atoms with E-state index in [1.165, 1.54) is 0 Å². The third kappa shape index (κ3) is 3.10. The Morgan fingerprint density at radius 2 is 2.17 bits per heavy atom. The second-order valence-electron chi connectivity index (χ2n) is 4.83. The Hall–Kier alpha value is -1.36. The molecule has 5 nitrogen and oxygen atoms in total. The molecule has 0 saturated carbocycles. The van der Waals surface area contributed by atoms with Crippen LogP contribution in [0.5, 0.6) is 5.88 Å². The monoisotopic (exact) mass is 250 g/mol. The maximum Gasteiger partial charge on any atom is 0.234 e. The summed E-state index contributed by atoms with van der Waals surface area (Å²) < 4.78 is 5.38. The molecule has 1 aromatic heterocycles. The predicted octanol–water partition coefficient (Wildman–Crippen LogP) is 1.44. The number of hydrogen-bond donors (Lipinski definition) is 1. The van der Waals surface area contributed by atoms with Crippen molar-refractivity contribution in [3.8, 4) is 5.88 Å². The molecule has 0 amide bonds. The molecule has 2 N–H and O–H groups in total. The third-order valence-electron chi connectivity index (χ3n) is 3.50. The topological polar surface area (TPSA) is 64.3 Å². The van der Waals surface area contributed by atoms with Gasteiger partial charge in [-0.15, -0.1) is 0 Å². The van der Waals surface area contributed by atoms with Crippen LogP contribution in [-0.2, 0) is 0 Å². The highest BCUT2D eigenvalue weighted by atomic mass is 16.5. The zero-order valence-corrected chi connectivity index (χ0v) is 11.2. The molecule has 1 atom stereocenters. The summed E-state index contributed by atoms with van der Waals surface area (Å²) in [7, 11) is 0. The molecule has 2 rings (SSSR count). The Labute approximate surface area is 108 Å². The lowest BCUT2D eigenvalue weighted by atomic mass is 9.91. The van der Waals surface area contributed by atoms with Crippen LogP contribution in [0.15, 0.2) is 12.4 Å². The van der Waals surface area contributed by atoms with E-state index in [0.29, 0.717) is 18.4 Å². The molecule has 1 unspecified atom stereocenters. The van der Waals surface area contributed by atoms with E-state index in [1.807, 2.05) is 6.92 Å².